The highest BCUT2D eigenvalue weighted by Crippen LogP contribution is 2.21. The fourth-order valence-electron chi connectivity index (χ4n) is 3.30. The molecule has 0 saturated heterocycles. The Labute approximate surface area is 154 Å². The number of fused-ring (bicyclic) bond motifs is 1. The molecule has 0 radical (unpaired) electrons. The molecular formula is C19H18FN3O4. The van der Waals surface area contributed by atoms with Crippen molar-refractivity contribution >= 4 is 5.97 Å². The molecule has 0 unspecified atom stereocenters. The van der Waals surface area contributed by atoms with Crippen LogP contribution in [0.3, 0.4) is 0 Å². The number of halogens is 1. The van der Waals surface area contributed by atoms with E-state index in [0.717, 1.165) is 18.6 Å². The number of hydrogen-bond acceptors (Lipinski definition) is 5. The number of hydrogen-bond donors (Lipinski definition) is 0. The molecule has 140 valence electrons. The molecule has 0 aliphatic heterocycles. The Bertz CT molecular complexity index is 1110. The third-order valence-corrected chi connectivity index (χ3v) is 4.54. The average Bonchev–Trinajstić information content (AvgIpc) is 3.10. The van der Waals surface area contributed by atoms with Crippen LogP contribution in [-0.4, -0.2) is 21.2 Å². The van der Waals surface area contributed by atoms with E-state index in [1.165, 1.54) is 11.6 Å². The molecule has 0 saturated carbocycles. The number of carbonyl (C=O) groups is 1. The van der Waals surface area contributed by atoms with Crippen LogP contribution in [0.15, 0.2) is 21.7 Å². The third-order valence-electron chi connectivity index (χ3n) is 4.54. The molecule has 0 atom stereocenters. The van der Waals surface area contributed by atoms with Gasteiger partial charge in [-0.2, -0.15) is 5.26 Å². The number of aromatic nitrogens is 2. The zero-order chi connectivity index (χ0) is 19.9. The molecule has 0 fully saturated rings. The van der Waals surface area contributed by atoms with E-state index < -0.39 is 29.1 Å². The second-order valence-corrected chi connectivity index (χ2v) is 6.68. The van der Waals surface area contributed by atoms with Gasteiger partial charge in [-0.25, -0.2) is 18.5 Å². The number of rotatable bonds is 3. The minimum absolute atomic E-state index is 0.197. The molecule has 0 N–H and O–H groups in total. The maximum absolute atomic E-state index is 14.7. The number of ether oxygens (including phenoxy) is 1. The van der Waals surface area contributed by atoms with Crippen LogP contribution in [0.2, 0.25) is 0 Å². The number of nitrogens with zero attached hydrogens (tertiary/aromatic N) is 3. The van der Waals surface area contributed by atoms with Crippen molar-refractivity contribution in [2.24, 2.45) is 7.05 Å². The molecule has 1 heterocycles. The van der Waals surface area contributed by atoms with Gasteiger partial charge in [-0.05, 0) is 45.2 Å². The third kappa shape index (κ3) is 3.05. The highest BCUT2D eigenvalue weighted by Gasteiger charge is 2.25. The summed E-state index contributed by atoms with van der Waals surface area (Å²) in [4.78, 5) is 37.8. The number of nitriles is 1. The van der Waals surface area contributed by atoms with Gasteiger partial charge in [-0.1, -0.05) is 0 Å². The SMILES string of the molecule is CC(C)OC(=O)c1cc(-n2c(=O)c3c(n(C)c2=O)CCC3)c(F)cc1C#N. The molecule has 7 nitrogen and oxygen atoms in total. The first-order valence-corrected chi connectivity index (χ1v) is 8.55. The monoisotopic (exact) mass is 371 g/mol. The molecule has 27 heavy (non-hydrogen) atoms. The van der Waals surface area contributed by atoms with Crippen molar-refractivity contribution in [3.63, 3.8) is 0 Å². The molecule has 1 aliphatic carbocycles. The molecule has 1 aromatic heterocycles. The van der Waals surface area contributed by atoms with Gasteiger partial charge >= 0.3 is 11.7 Å². The zero-order valence-corrected chi connectivity index (χ0v) is 15.2. The van der Waals surface area contributed by atoms with Gasteiger partial charge in [0.05, 0.1) is 22.9 Å². The normalized spacial score (nSPS) is 12.7. The Hall–Kier alpha value is -3.21. The Morgan fingerprint density at radius 1 is 1.30 bits per heavy atom. The van der Waals surface area contributed by atoms with Crippen LogP contribution in [0.25, 0.3) is 5.69 Å². The van der Waals surface area contributed by atoms with Gasteiger partial charge < -0.3 is 9.30 Å². The van der Waals surface area contributed by atoms with Gasteiger partial charge in [0, 0.05) is 18.3 Å². The Morgan fingerprint density at radius 2 is 2.00 bits per heavy atom. The lowest BCUT2D eigenvalue weighted by molar-refractivity contribution is 0.0377. The van der Waals surface area contributed by atoms with Crippen LogP contribution in [0.1, 0.15) is 47.4 Å². The van der Waals surface area contributed by atoms with Crippen LogP contribution in [0.4, 0.5) is 4.39 Å². The van der Waals surface area contributed by atoms with Gasteiger partial charge in [0.25, 0.3) is 5.56 Å². The highest BCUT2D eigenvalue weighted by molar-refractivity contribution is 5.93. The number of esters is 1. The van der Waals surface area contributed by atoms with Crippen molar-refractivity contribution in [1.29, 1.82) is 5.26 Å². The van der Waals surface area contributed by atoms with Crippen molar-refractivity contribution in [2.45, 2.75) is 39.2 Å². The first kappa shape index (κ1) is 18.6. The molecule has 2 aromatic rings. The summed E-state index contributed by atoms with van der Waals surface area (Å²) in [6, 6.07) is 3.61. The maximum Gasteiger partial charge on any atom is 0.339 e. The number of benzene rings is 1. The largest absolute Gasteiger partial charge is 0.459 e. The van der Waals surface area contributed by atoms with E-state index in [1.807, 2.05) is 0 Å². The second kappa shape index (κ2) is 6.83. The van der Waals surface area contributed by atoms with Crippen LogP contribution >= 0.6 is 0 Å². The van der Waals surface area contributed by atoms with Crippen LogP contribution < -0.4 is 11.2 Å². The Kier molecular flexibility index (Phi) is 4.70. The lowest BCUT2D eigenvalue weighted by Crippen LogP contribution is -2.41. The van der Waals surface area contributed by atoms with Crippen molar-refractivity contribution in [2.75, 3.05) is 0 Å². The zero-order valence-electron chi connectivity index (χ0n) is 15.2. The van der Waals surface area contributed by atoms with Gasteiger partial charge in [0.2, 0.25) is 0 Å². The summed E-state index contributed by atoms with van der Waals surface area (Å²) in [6.07, 6.45) is 1.40. The summed E-state index contributed by atoms with van der Waals surface area (Å²) in [5.74, 6) is -1.77. The van der Waals surface area contributed by atoms with Crippen LogP contribution in [0.5, 0.6) is 0 Å². The van der Waals surface area contributed by atoms with Gasteiger partial charge in [0.15, 0.2) is 0 Å². The predicted octanol–water partition coefficient (Wildman–Crippen LogP) is 1.60. The smallest absolute Gasteiger partial charge is 0.339 e. The first-order chi connectivity index (χ1) is 12.8. The van der Waals surface area contributed by atoms with Crippen molar-refractivity contribution in [3.05, 3.63) is 61.2 Å². The topological polar surface area (TPSA) is 94.1 Å². The minimum atomic E-state index is -0.940. The summed E-state index contributed by atoms with van der Waals surface area (Å²) >= 11 is 0. The molecule has 0 amide bonds. The summed E-state index contributed by atoms with van der Waals surface area (Å²) in [5, 5.41) is 9.21. The van der Waals surface area contributed by atoms with Gasteiger partial charge in [-0.15, -0.1) is 0 Å². The maximum atomic E-state index is 14.7. The highest BCUT2D eigenvalue weighted by atomic mass is 19.1. The van der Waals surface area contributed by atoms with Crippen molar-refractivity contribution in [3.8, 4) is 11.8 Å². The van der Waals surface area contributed by atoms with Crippen LogP contribution in [-0.2, 0) is 24.6 Å². The number of carbonyl (C=O) groups excluding carboxylic acids is 1. The lowest BCUT2D eigenvalue weighted by Gasteiger charge is -2.15. The summed E-state index contributed by atoms with van der Waals surface area (Å²) in [6.45, 7) is 3.27. The fourth-order valence-corrected chi connectivity index (χ4v) is 3.30. The molecule has 3 rings (SSSR count). The van der Waals surface area contributed by atoms with E-state index in [4.69, 9.17) is 4.74 Å². The minimum Gasteiger partial charge on any atom is -0.459 e. The summed E-state index contributed by atoms with van der Waals surface area (Å²) in [7, 11) is 1.53. The van der Waals surface area contributed by atoms with E-state index in [1.54, 1.807) is 19.9 Å². The van der Waals surface area contributed by atoms with E-state index in [0.29, 0.717) is 28.7 Å². The Balaban J connectivity index is 2.30. The fraction of sp³-hybridized carbons (Fsp3) is 0.368. The predicted molar refractivity (Wildman–Crippen MR) is 94.5 cm³/mol. The van der Waals surface area contributed by atoms with E-state index in [9.17, 15) is 24.0 Å². The lowest BCUT2D eigenvalue weighted by atomic mass is 10.1. The van der Waals surface area contributed by atoms with Crippen molar-refractivity contribution in [1.82, 2.24) is 9.13 Å². The van der Waals surface area contributed by atoms with Gasteiger partial charge in [-0.3, -0.25) is 4.79 Å². The molecule has 1 aliphatic rings. The Morgan fingerprint density at radius 3 is 2.63 bits per heavy atom. The quantitative estimate of drug-likeness (QED) is 0.764. The van der Waals surface area contributed by atoms with Crippen LogP contribution in [0, 0.1) is 17.1 Å². The second-order valence-electron chi connectivity index (χ2n) is 6.68. The van der Waals surface area contributed by atoms with E-state index >= 15 is 0 Å². The molecule has 0 bridgehead atoms. The molecule has 1 aromatic carbocycles. The molecular weight excluding hydrogens is 353 g/mol. The summed E-state index contributed by atoms with van der Waals surface area (Å²) < 4.78 is 21.8. The summed E-state index contributed by atoms with van der Waals surface area (Å²) in [5.41, 5.74) is -0.985. The van der Waals surface area contributed by atoms with Gasteiger partial charge in [0.1, 0.15) is 11.9 Å². The standard InChI is InChI=1S/C19H18FN3O4/c1-10(2)27-18(25)13-8-16(14(20)7-11(13)9-21)23-17(24)12-5-4-6-15(12)22(3)19(23)26/h7-8,10H,4-6H2,1-3H3. The van der Waals surface area contributed by atoms with E-state index in [-0.39, 0.29) is 16.8 Å². The average molecular weight is 371 g/mol. The molecule has 0 spiro atoms. The first-order valence-electron chi connectivity index (χ1n) is 8.55. The molecule has 8 heteroatoms. The van der Waals surface area contributed by atoms with E-state index in [2.05, 4.69) is 0 Å². The van der Waals surface area contributed by atoms with Crippen molar-refractivity contribution < 1.29 is 13.9 Å².